The van der Waals surface area contributed by atoms with Crippen LogP contribution < -0.4 is 10.6 Å². The van der Waals surface area contributed by atoms with Crippen molar-refractivity contribution in [2.75, 3.05) is 5.32 Å². The lowest BCUT2D eigenvalue weighted by atomic mass is 9.95. The van der Waals surface area contributed by atoms with E-state index >= 15 is 0 Å². The third-order valence-electron chi connectivity index (χ3n) is 3.07. The number of hydrogen-bond donors (Lipinski definition) is 2. The Kier molecular flexibility index (Phi) is 4.93. The van der Waals surface area contributed by atoms with Gasteiger partial charge in [-0.05, 0) is 38.0 Å². The van der Waals surface area contributed by atoms with Crippen LogP contribution in [0.3, 0.4) is 0 Å². The minimum atomic E-state index is -0.568. The third-order valence-corrected chi connectivity index (χ3v) is 3.07. The van der Waals surface area contributed by atoms with E-state index in [4.69, 9.17) is 0 Å². The van der Waals surface area contributed by atoms with Crippen molar-refractivity contribution in [3.05, 3.63) is 29.3 Å². The maximum absolute atomic E-state index is 12.1. The molecule has 0 aliphatic carbocycles. The van der Waals surface area contributed by atoms with Crippen LogP contribution in [0.4, 0.5) is 5.69 Å². The first-order valence-corrected chi connectivity index (χ1v) is 6.80. The summed E-state index contributed by atoms with van der Waals surface area (Å²) < 4.78 is 0. The Morgan fingerprint density at radius 2 is 1.75 bits per heavy atom. The lowest BCUT2D eigenvalue weighted by Gasteiger charge is -2.21. The van der Waals surface area contributed by atoms with Crippen molar-refractivity contribution in [2.45, 2.75) is 47.6 Å². The smallest absolute Gasteiger partial charge is 0.246 e. The topological polar surface area (TPSA) is 58.2 Å². The molecule has 2 amide bonds. The number of amides is 2. The molecule has 4 heteroatoms. The van der Waals surface area contributed by atoms with Gasteiger partial charge in [-0.1, -0.05) is 32.9 Å². The van der Waals surface area contributed by atoms with Gasteiger partial charge in [-0.15, -0.1) is 0 Å². The van der Waals surface area contributed by atoms with Crippen molar-refractivity contribution < 1.29 is 9.59 Å². The van der Waals surface area contributed by atoms with Crippen molar-refractivity contribution in [2.24, 2.45) is 5.41 Å². The molecule has 20 heavy (non-hydrogen) atoms. The van der Waals surface area contributed by atoms with Crippen LogP contribution in [-0.2, 0) is 9.59 Å². The average Bonchev–Trinajstić information content (AvgIpc) is 2.32. The molecule has 0 bridgehead atoms. The van der Waals surface area contributed by atoms with Gasteiger partial charge in [-0.2, -0.15) is 0 Å². The molecular weight excluding hydrogens is 252 g/mol. The normalized spacial score (nSPS) is 12.7. The van der Waals surface area contributed by atoms with E-state index in [2.05, 4.69) is 10.6 Å². The van der Waals surface area contributed by atoms with Crippen molar-refractivity contribution >= 4 is 17.5 Å². The van der Waals surface area contributed by atoms with Gasteiger partial charge in [0.2, 0.25) is 11.8 Å². The van der Waals surface area contributed by atoms with Crippen LogP contribution in [-0.4, -0.2) is 17.9 Å². The molecule has 0 spiro atoms. The molecule has 0 saturated heterocycles. The largest absolute Gasteiger partial charge is 0.344 e. The standard InChI is InChI=1S/C16H24N2O2/c1-10-7-8-11(2)13(9-10)18-14(19)12(3)17-15(20)16(4,5)6/h7-9,12H,1-6H3,(H,17,20)(H,18,19)/t12-/m0/s1. The molecule has 0 unspecified atom stereocenters. The molecular formula is C16H24N2O2. The summed E-state index contributed by atoms with van der Waals surface area (Å²) in [6, 6.07) is 5.31. The number of carbonyl (C=O) groups is 2. The Labute approximate surface area is 121 Å². The SMILES string of the molecule is Cc1ccc(C)c(NC(=O)[C@H](C)NC(=O)C(C)(C)C)c1. The zero-order chi connectivity index (χ0) is 15.5. The predicted molar refractivity (Wildman–Crippen MR) is 81.6 cm³/mol. The highest BCUT2D eigenvalue weighted by atomic mass is 16.2. The van der Waals surface area contributed by atoms with E-state index in [9.17, 15) is 9.59 Å². The first-order valence-electron chi connectivity index (χ1n) is 6.80. The van der Waals surface area contributed by atoms with Crippen molar-refractivity contribution in [3.8, 4) is 0 Å². The van der Waals surface area contributed by atoms with E-state index in [1.807, 2.05) is 52.8 Å². The number of aryl methyl sites for hydroxylation is 2. The first kappa shape index (κ1) is 16.2. The Hall–Kier alpha value is -1.84. The number of hydrogen-bond acceptors (Lipinski definition) is 2. The number of carbonyl (C=O) groups excluding carboxylic acids is 2. The van der Waals surface area contributed by atoms with Crippen molar-refractivity contribution in [1.29, 1.82) is 0 Å². The molecule has 0 saturated carbocycles. The monoisotopic (exact) mass is 276 g/mol. The molecule has 0 fully saturated rings. The molecule has 0 aromatic heterocycles. The Morgan fingerprint density at radius 3 is 2.30 bits per heavy atom. The summed E-state index contributed by atoms with van der Waals surface area (Å²) in [7, 11) is 0. The fourth-order valence-electron chi connectivity index (χ4n) is 1.59. The summed E-state index contributed by atoms with van der Waals surface area (Å²) in [5.41, 5.74) is 2.36. The summed E-state index contributed by atoms with van der Waals surface area (Å²) in [6.07, 6.45) is 0. The van der Waals surface area contributed by atoms with E-state index < -0.39 is 11.5 Å². The van der Waals surface area contributed by atoms with Gasteiger partial charge in [0.05, 0.1) is 0 Å². The van der Waals surface area contributed by atoms with Crippen LogP contribution >= 0.6 is 0 Å². The molecule has 110 valence electrons. The van der Waals surface area contributed by atoms with E-state index in [0.717, 1.165) is 16.8 Å². The second-order valence-corrected chi connectivity index (χ2v) is 6.25. The highest BCUT2D eigenvalue weighted by Crippen LogP contribution is 2.17. The molecule has 0 aliphatic heterocycles. The number of rotatable bonds is 3. The average molecular weight is 276 g/mol. The first-order chi connectivity index (χ1) is 9.11. The van der Waals surface area contributed by atoms with Gasteiger partial charge >= 0.3 is 0 Å². The minimum absolute atomic E-state index is 0.138. The second-order valence-electron chi connectivity index (χ2n) is 6.25. The van der Waals surface area contributed by atoms with Gasteiger partial charge < -0.3 is 10.6 Å². The summed E-state index contributed by atoms with van der Waals surface area (Å²) in [5.74, 6) is -0.350. The summed E-state index contributed by atoms with van der Waals surface area (Å²) in [6.45, 7) is 11.0. The predicted octanol–water partition coefficient (Wildman–Crippen LogP) is 2.79. The highest BCUT2D eigenvalue weighted by molar-refractivity contribution is 5.98. The fraction of sp³-hybridized carbons (Fsp3) is 0.500. The Bertz CT molecular complexity index is 516. The Balaban J connectivity index is 2.71. The highest BCUT2D eigenvalue weighted by Gasteiger charge is 2.25. The van der Waals surface area contributed by atoms with Crippen LogP contribution in [0, 0.1) is 19.3 Å². The van der Waals surface area contributed by atoms with Gasteiger partial charge in [-0.3, -0.25) is 9.59 Å². The minimum Gasteiger partial charge on any atom is -0.344 e. The van der Waals surface area contributed by atoms with Gasteiger partial charge in [0.25, 0.3) is 0 Å². The lowest BCUT2D eigenvalue weighted by molar-refractivity contribution is -0.131. The molecule has 4 nitrogen and oxygen atoms in total. The molecule has 2 N–H and O–H groups in total. The van der Waals surface area contributed by atoms with Gasteiger partial charge in [-0.25, -0.2) is 0 Å². The van der Waals surface area contributed by atoms with Crippen LogP contribution in [0.15, 0.2) is 18.2 Å². The molecule has 1 rings (SSSR count). The number of nitrogens with one attached hydrogen (secondary N) is 2. The fourth-order valence-corrected chi connectivity index (χ4v) is 1.59. The number of anilines is 1. The molecule has 1 atom stereocenters. The second kappa shape index (κ2) is 6.07. The van der Waals surface area contributed by atoms with E-state index in [-0.39, 0.29) is 11.8 Å². The van der Waals surface area contributed by atoms with Crippen molar-refractivity contribution in [3.63, 3.8) is 0 Å². The van der Waals surface area contributed by atoms with Crippen LogP contribution in [0.1, 0.15) is 38.8 Å². The van der Waals surface area contributed by atoms with E-state index in [1.165, 1.54) is 0 Å². The van der Waals surface area contributed by atoms with E-state index in [0.29, 0.717) is 0 Å². The van der Waals surface area contributed by atoms with Crippen LogP contribution in [0.2, 0.25) is 0 Å². The van der Waals surface area contributed by atoms with Gasteiger partial charge in [0.1, 0.15) is 6.04 Å². The number of benzene rings is 1. The summed E-state index contributed by atoms with van der Waals surface area (Å²) >= 11 is 0. The Morgan fingerprint density at radius 1 is 1.15 bits per heavy atom. The zero-order valence-electron chi connectivity index (χ0n) is 13.1. The molecule has 0 heterocycles. The lowest BCUT2D eigenvalue weighted by Crippen LogP contribution is -2.46. The zero-order valence-corrected chi connectivity index (χ0v) is 13.1. The van der Waals surface area contributed by atoms with Crippen LogP contribution in [0.5, 0.6) is 0 Å². The van der Waals surface area contributed by atoms with Crippen molar-refractivity contribution in [1.82, 2.24) is 5.32 Å². The molecule has 1 aromatic rings. The quantitative estimate of drug-likeness (QED) is 0.892. The molecule has 1 aromatic carbocycles. The summed E-state index contributed by atoms with van der Waals surface area (Å²) in [5, 5.41) is 5.58. The molecule has 0 radical (unpaired) electrons. The van der Waals surface area contributed by atoms with Crippen LogP contribution in [0.25, 0.3) is 0 Å². The van der Waals surface area contributed by atoms with Gasteiger partial charge in [0.15, 0.2) is 0 Å². The van der Waals surface area contributed by atoms with E-state index in [1.54, 1.807) is 6.92 Å². The maximum Gasteiger partial charge on any atom is 0.246 e. The maximum atomic E-state index is 12.1. The summed E-state index contributed by atoms with van der Waals surface area (Å²) in [4.78, 5) is 24.0. The third kappa shape index (κ3) is 4.37. The van der Waals surface area contributed by atoms with Gasteiger partial charge in [0, 0.05) is 11.1 Å². The molecule has 0 aliphatic rings.